The van der Waals surface area contributed by atoms with Gasteiger partial charge >= 0.3 is 0 Å². The molecule has 1 aliphatic rings. The first kappa shape index (κ1) is 22.0. The smallest absolute Gasteiger partial charge is 0.269 e. The molecule has 162 valence electrons. The third kappa shape index (κ3) is 4.92. The lowest BCUT2D eigenvalue weighted by Gasteiger charge is -2.23. The van der Waals surface area contributed by atoms with E-state index in [1.807, 2.05) is 0 Å². The van der Waals surface area contributed by atoms with E-state index in [2.05, 4.69) is 15.7 Å². The van der Waals surface area contributed by atoms with Gasteiger partial charge in [0, 0.05) is 18.7 Å². The first-order valence-electron chi connectivity index (χ1n) is 9.32. The number of rotatable bonds is 5. The molecule has 31 heavy (non-hydrogen) atoms. The summed E-state index contributed by atoms with van der Waals surface area (Å²) in [7, 11) is 1.45. The Bertz CT molecular complexity index is 1040. The minimum Gasteiger partial charge on any atom is -0.378 e. The quantitative estimate of drug-likeness (QED) is 0.661. The number of hydrogen-bond acceptors (Lipinski definition) is 5. The predicted molar refractivity (Wildman–Crippen MR) is 107 cm³/mol. The Labute approximate surface area is 176 Å². The zero-order valence-electron chi connectivity index (χ0n) is 16.7. The fraction of sp³-hybridized carbons (Fsp3) is 0.238. The summed E-state index contributed by atoms with van der Waals surface area (Å²) in [5, 5.41) is 20.0. The lowest BCUT2D eigenvalue weighted by atomic mass is 10.00. The third-order valence-corrected chi connectivity index (χ3v) is 4.73. The predicted octanol–water partition coefficient (Wildman–Crippen LogP) is 1.17. The number of aliphatic hydroxyl groups is 1. The number of likely N-dealkylation sites (N-methyl/N-ethyl adjacent to an activating group) is 1. The van der Waals surface area contributed by atoms with E-state index in [1.54, 1.807) is 24.3 Å². The van der Waals surface area contributed by atoms with Gasteiger partial charge in [-0.25, -0.2) is 13.8 Å². The van der Waals surface area contributed by atoms with Crippen LogP contribution in [0.2, 0.25) is 0 Å². The molecule has 0 saturated carbocycles. The third-order valence-electron chi connectivity index (χ3n) is 4.73. The number of aliphatic hydroxyl groups excluding tert-OH is 1. The molecule has 0 aromatic heterocycles. The Hall–Kier alpha value is -3.66. The molecule has 2 aromatic rings. The number of benzene rings is 2. The second-order valence-corrected chi connectivity index (χ2v) is 7.01. The molecule has 1 aliphatic heterocycles. The van der Waals surface area contributed by atoms with Crippen molar-refractivity contribution in [1.82, 2.24) is 15.6 Å². The molecule has 0 unspecified atom stereocenters. The fourth-order valence-corrected chi connectivity index (χ4v) is 3.07. The van der Waals surface area contributed by atoms with Crippen LogP contribution < -0.4 is 10.6 Å². The van der Waals surface area contributed by atoms with Crippen LogP contribution in [0.15, 0.2) is 47.6 Å². The molecular formula is C21H20F2N4O4. The largest absolute Gasteiger partial charge is 0.378 e. The highest BCUT2D eigenvalue weighted by Gasteiger charge is 2.31. The van der Waals surface area contributed by atoms with Gasteiger partial charge in [-0.2, -0.15) is 5.10 Å². The standard InChI is InChI=1S/C21H20F2N4O4/c1-11(25-20(30)18(28)13-7-14(22)9-15(23)8-13)19(29)26-17-16-6-4-3-5-12(16)10-24-27(2)21(17)31/h3-11,17-18,28H,1-2H3,(H,25,30)(H,26,29)/t11-,17+,18+/m0/s1. The summed E-state index contributed by atoms with van der Waals surface area (Å²) in [6, 6.07) is 6.92. The summed E-state index contributed by atoms with van der Waals surface area (Å²) < 4.78 is 26.7. The molecule has 10 heteroatoms. The van der Waals surface area contributed by atoms with Crippen LogP contribution in [-0.2, 0) is 14.4 Å². The van der Waals surface area contributed by atoms with Crippen LogP contribution in [0.4, 0.5) is 8.78 Å². The minimum atomic E-state index is -1.89. The first-order valence-corrected chi connectivity index (χ1v) is 9.32. The van der Waals surface area contributed by atoms with Crippen molar-refractivity contribution < 1.29 is 28.3 Å². The van der Waals surface area contributed by atoms with E-state index in [1.165, 1.54) is 20.2 Å². The maximum absolute atomic E-state index is 13.3. The SMILES string of the molecule is C[C@H](NC(=O)[C@H](O)c1cc(F)cc(F)c1)C(=O)N[C@H]1C(=O)N(C)N=Cc2ccccc21. The van der Waals surface area contributed by atoms with E-state index in [-0.39, 0.29) is 5.56 Å². The fourth-order valence-electron chi connectivity index (χ4n) is 3.07. The Morgan fingerprint density at radius 2 is 1.77 bits per heavy atom. The van der Waals surface area contributed by atoms with Crippen LogP contribution in [0.1, 0.15) is 35.8 Å². The van der Waals surface area contributed by atoms with Gasteiger partial charge in [0.1, 0.15) is 23.7 Å². The molecule has 0 fully saturated rings. The second-order valence-electron chi connectivity index (χ2n) is 7.01. The molecule has 3 atom stereocenters. The maximum Gasteiger partial charge on any atom is 0.269 e. The van der Waals surface area contributed by atoms with Crippen LogP contribution in [0.3, 0.4) is 0 Å². The Morgan fingerprint density at radius 1 is 1.13 bits per heavy atom. The Balaban J connectivity index is 1.71. The number of fused-ring (bicyclic) bond motifs is 1. The van der Waals surface area contributed by atoms with Crippen molar-refractivity contribution in [2.75, 3.05) is 7.05 Å². The van der Waals surface area contributed by atoms with Gasteiger partial charge in [0.25, 0.3) is 11.8 Å². The number of nitrogens with one attached hydrogen (secondary N) is 2. The first-order chi connectivity index (χ1) is 14.7. The average Bonchev–Trinajstić information content (AvgIpc) is 2.84. The van der Waals surface area contributed by atoms with Gasteiger partial charge in [0.05, 0.1) is 6.21 Å². The molecule has 0 bridgehead atoms. The van der Waals surface area contributed by atoms with Crippen molar-refractivity contribution in [2.24, 2.45) is 5.10 Å². The summed E-state index contributed by atoms with van der Waals surface area (Å²) in [5.41, 5.74) is 0.878. The van der Waals surface area contributed by atoms with E-state index in [0.717, 1.165) is 17.1 Å². The van der Waals surface area contributed by atoms with E-state index in [0.29, 0.717) is 17.2 Å². The van der Waals surface area contributed by atoms with E-state index in [4.69, 9.17) is 0 Å². The topological polar surface area (TPSA) is 111 Å². The van der Waals surface area contributed by atoms with Crippen molar-refractivity contribution in [3.63, 3.8) is 0 Å². The van der Waals surface area contributed by atoms with Gasteiger partial charge in [-0.1, -0.05) is 24.3 Å². The van der Waals surface area contributed by atoms with E-state index < -0.39 is 47.5 Å². The number of halogens is 2. The molecule has 2 aromatic carbocycles. The molecule has 3 rings (SSSR count). The number of hydrazone groups is 1. The van der Waals surface area contributed by atoms with Crippen molar-refractivity contribution in [2.45, 2.75) is 25.1 Å². The second kappa shape index (κ2) is 9.00. The number of carbonyl (C=O) groups excluding carboxylic acids is 3. The van der Waals surface area contributed by atoms with Gasteiger partial charge < -0.3 is 15.7 Å². The number of amides is 3. The normalized spacial score (nSPS) is 17.4. The molecule has 3 amide bonds. The number of carbonyl (C=O) groups is 3. The molecule has 8 nitrogen and oxygen atoms in total. The van der Waals surface area contributed by atoms with Gasteiger partial charge in [-0.15, -0.1) is 0 Å². The number of hydrogen-bond donors (Lipinski definition) is 3. The van der Waals surface area contributed by atoms with Crippen LogP contribution in [0, 0.1) is 11.6 Å². The lowest BCUT2D eigenvalue weighted by molar-refractivity contribution is -0.137. The van der Waals surface area contributed by atoms with Crippen molar-refractivity contribution >= 4 is 23.9 Å². The molecule has 1 heterocycles. The maximum atomic E-state index is 13.3. The molecule has 0 aliphatic carbocycles. The highest BCUT2D eigenvalue weighted by molar-refractivity contribution is 5.96. The molecule has 0 radical (unpaired) electrons. The molecule has 0 spiro atoms. The highest BCUT2D eigenvalue weighted by Crippen LogP contribution is 2.22. The van der Waals surface area contributed by atoms with Crippen molar-refractivity contribution in [1.29, 1.82) is 0 Å². The van der Waals surface area contributed by atoms with Crippen LogP contribution in [0.25, 0.3) is 0 Å². The molecular weight excluding hydrogens is 410 g/mol. The summed E-state index contributed by atoms with van der Waals surface area (Å²) in [4.78, 5) is 37.6. The van der Waals surface area contributed by atoms with Crippen molar-refractivity contribution in [3.8, 4) is 0 Å². The zero-order valence-corrected chi connectivity index (χ0v) is 16.7. The van der Waals surface area contributed by atoms with Crippen LogP contribution >= 0.6 is 0 Å². The van der Waals surface area contributed by atoms with Crippen LogP contribution in [-0.4, -0.2) is 47.1 Å². The highest BCUT2D eigenvalue weighted by atomic mass is 19.1. The summed E-state index contributed by atoms with van der Waals surface area (Å²) in [6.07, 6.45) is -0.390. The Morgan fingerprint density at radius 3 is 2.45 bits per heavy atom. The lowest BCUT2D eigenvalue weighted by Crippen LogP contribution is -2.49. The summed E-state index contributed by atoms with van der Waals surface area (Å²) in [5.74, 6) is -4.12. The van der Waals surface area contributed by atoms with Gasteiger partial charge in [-0.3, -0.25) is 14.4 Å². The van der Waals surface area contributed by atoms with Crippen molar-refractivity contribution in [3.05, 3.63) is 70.8 Å². The average molecular weight is 430 g/mol. The van der Waals surface area contributed by atoms with Gasteiger partial charge in [-0.05, 0) is 30.2 Å². The zero-order chi connectivity index (χ0) is 22.7. The number of nitrogens with zero attached hydrogens (tertiary/aromatic N) is 2. The summed E-state index contributed by atoms with van der Waals surface area (Å²) in [6.45, 7) is 1.35. The van der Waals surface area contributed by atoms with E-state index >= 15 is 0 Å². The van der Waals surface area contributed by atoms with Gasteiger partial charge in [0.15, 0.2) is 6.10 Å². The molecule has 3 N–H and O–H groups in total. The molecule has 0 saturated heterocycles. The van der Waals surface area contributed by atoms with Crippen LogP contribution in [0.5, 0.6) is 0 Å². The Kier molecular flexibility index (Phi) is 6.40. The summed E-state index contributed by atoms with van der Waals surface area (Å²) >= 11 is 0. The monoisotopic (exact) mass is 430 g/mol. The minimum absolute atomic E-state index is 0.297. The van der Waals surface area contributed by atoms with Gasteiger partial charge in [0.2, 0.25) is 5.91 Å². The van der Waals surface area contributed by atoms with E-state index in [9.17, 15) is 28.3 Å².